The summed E-state index contributed by atoms with van der Waals surface area (Å²) in [7, 11) is -3.74. The number of benzene rings is 1. The van der Waals surface area contributed by atoms with Gasteiger partial charge in [-0.05, 0) is 49.9 Å². The van der Waals surface area contributed by atoms with Crippen molar-refractivity contribution in [3.8, 4) is 5.69 Å². The van der Waals surface area contributed by atoms with Crippen LogP contribution in [0.4, 0.5) is 0 Å². The van der Waals surface area contributed by atoms with E-state index in [4.69, 9.17) is 9.88 Å². The van der Waals surface area contributed by atoms with Crippen LogP contribution in [-0.2, 0) is 26.2 Å². The number of primary sulfonamides is 1. The number of hydrogen-bond donors (Lipinski definition) is 1. The Morgan fingerprint density at radius 1 is 1.17 bits per heavy atom. The number of rotatable bonds is 5. The van der Waals surface area contributed by atoms with Crippen LogP contribution in [0.1, 0.15) is 5.69 Å². The van der Waals surface area contributed by atoms with Crippen molar-refractivity contribution in [2.75, 3.05) is 0 Å². The minimum Gasteiger partial charge on any atom is -0.459 e. The molecular formula is C15H13N4O4S. The molecule has 0 aliphatic heterocycles. The highest BCUT2D eigenvalue weighted by Crippen LogP contribution is 2.24. The molecule has 0 amide bonds. The van der Waals surface area contributed by atoms with Crippen LogP contribution in [0.3, 0.4) is 0 Å². The second kappa shape index (κ2) is 6.70. The molecule has 0 spiro atoms. The lowest BCUT2D eigenvalue weighted by Crippen LogP contribution is -2.13. The molecule has 2 aromatic rings. The summed E-state index contributed by atoms with van der Waals surface area (Å²) < 4.78 is 29.0. The fraction of sp³-hybridized carbons (Fsp3) is 0.0667. The topological polar surface area (TPSA) is 117 Å². The first-order chi connectivity index (χ1) is 11.4. The molecule has 9 heteroatoms. The Morgan fingerprint density at radius 3 is 2.46 bits per heavy atom. The Hall–Kier alpha value is -2.26. The number of aromatic nitrogens is 3. The molecule has 0 bridgehead atoms. The van der Waals surface area contributed by atoms with Gasteiger partial charge < -0.3 is 4.74 Å². The van der Waals surface area contributed by atoms with Crippen molar-refractivity contribution in [3.05, 3.63) is 67.8 Å². The van der Waals surface area contributed by atoms with Gasteiger partial charge in [0.05, 0.1) is 22.7 Å². The van der Waals surface area contributed by atoms with Gasteiger partial charge in [-0.15, -0.1) is 5.10 Å². The van der Waals surface area contributed by atoms with Gasteiger partial charge in [-0.3, -0.25) is 4.79 Å². The second-order valence-electron chi connectivity index (χ2n) is 4.94. The summed E-state index contributed by atoms with van der Waals surface area (Å²) in [6.45, 7) is -0.0146. The average molecular weight is 345 g/mol. The van der Waals surface area contributed by atoms with E-state index in [1.54, 1.807) is 44.0 Å². The Balaban J connectivity index is 1.63. The molecule has 1 aromatic carbocycles. The molecule has 0 unspecified atom stereocenters. The molecular weight excluding hydrogens is 332 g/mol. The van der Waals surface area contributed by atoms with Gasteiger partial charge in [0.25, 0.3) is 0 Å². The monoisotopic (exact) mass is 345 g/mol. The summed E-state index contributed by atoms with van der Waals surface area (Å²) in [6.07, 6.45) is 8.40. The predicted octanol–water partition coefficient (Wildman–Crippen LogP) is 0.363. The molecule has 0 saturated heterocycles. The molecule has 3 rings (SSSR count). The summed E-state index contributed by atoms with van der Waals surface area (Å²) in [6, 6.07) is 5.85. The Labute approximate surface area is 139 Å². The zero-order chi connectivity index (χ0) is 17.2. The smallest absolute Gasteiger partial charge is 0.314 e. The number of hydrogen-bond acceptors (Lipinski definition) is 6. The lowest BCUT2D eigenvalue weighted by atomic mass is 10.1. The third kappa shape index (κ3) is 3.80. The predicted molar refractivity (Wildman–Crippen MR) is 83.0 cm³/mol. The molecule has 1 heterocycles. The van der Waals surface area contributed by atoms with Crippen LogP contribution < -0.4 is 5.14 Å². The first kappa shape index (κ1) is 16.6. The van der Waals surface area contributed by atoms with Gasteiger partial charge in [0.1, 0.15) is 12.3 Å². The quantitative estimate of drug-likeness (QED) is 0.782. The van der Waals surface area contributed by atoms with E-state index in [2.05, 4.69) is 10.3 Å². The SMILES string of the molecule is NS(=O)(=O)c1ccc(-n2cc(COC(=O)[C]3[CH][CH][CH][CH]3)nn2)cc1. The molecule has 1 fully saturated rings. The highest BCUT2D eigenvalue weighted by molar-refractivity contribution is 7.89. The van der Waals surface area contributed by atoms with Crippen LogP contribution in [0.15, 0.2) is 35.4 Å². The van der Waals surface area contributed by atoms with E-state index in [1.807, 2.05) is 0 Å². The van der Waals surface area contributed by atoms with E-state index in [-0.39, 0.29) is 11.5 Å². The molecule has 1 aromatic heterocycles. The number of carbonyl (C=O) groups excluding carboxylic acids is 1. The van der Waals surface area contributed by atoms with Crippen LogP contribution in [-0.4, -0.2) is 29.4 Å². The molecule has 1 aliphatic rings. The van der Waals surface area contributed by atoms with Gasteiger partial charge in [-0.25, -0.2) is 18.2 Å². The molecule has 123 valence electrons. The van der Waals surface area contributed by atoms with Crippen LogP contribution in [0.5, 0.6) is 0 Å². The highest BCUT2D eigenvalue weighted by atomic mass is 32.2. The number of nitrogens with two attached hydrogens (primary N) is 1. The van der Waals surface area contributed by atoms with Crippen LogP contribution in [0.25, 0.3) is 5.69 Å². The minimum atomic E-state index is -3.74. The third-order valence-electron chi connectivity index (χ3n) is 3.22. The maximum atomic E-state index is 11.7. The zero-order valence-electron chi connectivity index (χ0n) is 12.4. The molecule has 1 saturated carbocycles. The van der Waals surface area contributed by atoms with Gasteiger partial charge in [0, 0.05) is 0 Å². The largest absolute Gasteiger partial charge is 0.459 e. The maximum Gasteiger partial charge on any atom is 0.314 e. The fourth-order valence-electron chi connectivity index (χ4n) is 2.01. The lowest BCUT2D eigenvalue weighted by molar-refractivity contribution is -0.141. The van der Waals surface area contributed by atoms with Crippen molar-refractivity contribution in [2.24, 2.45) is 5.14 Å². The van der Waals surface area contributed by atoms with Crippen molar-refractivity contribution in [1.29, 1.82) is 0 Å². The highest BCUT2D eigenvalue weighted by Gasteiger charge is 2.26. The number of sulfonamides is 1. The first-order valence-corrected chi connectivity index (χ1v) is 8.41. The van der Waals surface area contributed by atoms with Gasteiger partial charge >= 0.3 is 5.97 Å². The maximum absolute atomic E-state index is 11.7. The fourth-order valence-corrected chi connectivity index (χ4v) is 2.53. The van der Waals surface area contributed by atoms with Crippen molar-refractivity contribution in [2.45, 2.75) is 11.5 Å². The first-order valence-electron chi connectivity index (χ1n) is 6.87. The normalized spacial score (nSPS) is 15.5. The molecule has 0 atom stereocenters. The van der Waals surface area contributed by atoms with Crippen molar-refractivity contribution in [3.63, 3.8) is 0 Å². The summed E-state index contributed by atoms with van der Waals surface area (Å²) in [5, 5.41) is 12.9. The van der Waals surface area contributed by atoms with Crippen molar-refractivity contribution < 1.29 is 17.9 Å². The summed E-state index contributed by atoms with van der Waals surface area (Å²) in [5.74, 6) is 0.0352. The number of nitrogens with zero attached hydrogens (tertiary/aromatic N) is 3. The van der Waals surface area contributed by atoms with Crippen LogP contribution in [0, 0.1) is 31.6 Å². The second-order valence-corrected chi connectivity index (χ2v) is 6.50. The van der Waals surface area contributed by atoms with Crippen molar-refractivity contribution >= 4 is 16.0 Å². The number of esters is 1. The van der Waals surface area contributed by atoms with E-state index in [0.29, 0.717) is 17.3 Å². The third-order valence-corrected chi connectivity index (χ3v) is 4.15. The van der Waals surface area contributed by atoms with Crippen LogP contribution >= 0.6 is 0 Å². The summed E-state index contributed by atoms with van der Waals surface area (Å²) in [4.78, 5) is 11.8. The Morgan fingerprint density at radius 2 is 1.83 bits per heavy atom. The van der Waals surface area contributed by atoms with Gasteiger partial charge in [0.15, 0.2) is 0 Å². The van der Waals surface area contributed by atoms with Gasteiger partial charge in [-0.2, -0.15) is 0 Å². The number of carbonyl (C=O) groups is 1. The lowest BCUT2D eigenvalue weighted by Gasteiger charge is -2.06. The van der Waals surface area contributed by atoms with Gasteiger partial charge in [-0.1, -0.05) is 5.21 Å². The molecule has 2 N–H and O–H groups in total. The minimum absolute atomic E-state index is 0.00946. The van der Waals surface area contributed by atoms with E-state index in [1.165, 1.54) is 16.8 Å². The Bertz CT molecular complexity index is 823. The Kier molecular flexibility index (Phi) is 4.63. The molecule has 24 heavy (non-hydrogen) atoms. The van der Waals surface area contributed by atoms with Crippen molar-refractivity contribution in [1.82, 2.24) is 15.0 Å². The zero-order valence-corrected chi connectivity index (χ0v) is 13.2. The summed E-state index contributed by atoms with van der Waals surface area (Å²) >= 11 is 0. The average Bonchev–Trinajstić information content (AvgIpc) is 3.23. The number of ether oxygens (including phenoxy) is 1. The van der Waals surface area contributed by atoms with E-state index in [0.717, 1.165) is 0 Å². The molecule has 8 nitrogen and oxygen atoms in total. The van der Waals surface area contributed by atoms with E-state index < -0.39 is 16.0 Å². The van der Waals surface area contributed by atoms with Crippen LogP contribution in [0.2, 0.25) is 0 Å². The molecule has 5 radical (unpaired) electrons. The summed E-state index contributed by atoms with van der Waals surface area (Å²) in [5.41, 5.74) is 1.06. The van der Waals surface area contributed by atoms with E-state index in [9.17, 15) is 13.2 Å². The molecule has 1 aliphatic carbocycles. The van der Waals surface area contributed by atoms with Gasteiger partial charge in [0.2, 0.25) is 10.0 Å². The van der Waals surface area contributed by atoms with E-state index >= 15 is 0 Å². The standard InChI is InChI=1S/C15H13N4O4S/c16-24(21,22)14-7-5-13(6-8-14)19-9-12(17-18-19)10-23-15(20)11-3-1-2-4-11/h1-9H,10H2,(H2,16,21,22).